The Kier molecular flexibility index (Phi) is 3.52. The quantitative estimate of drug-likeness (QED) is 0.621. The van der Waals surface area contributed by atoms with Crippen LogP contribution >= 0.6 is 0 Å². The van der Waals surface area contributed by atoms with E-state index >= 15 is 0 Å². The van der Waals surface area contributed by atoms with Crippen molar-refractivity contribution in [2.24, 2.45) is 23.7 Å². The molecule has 2 aliphatic rings. The van der Waals surface area contributed by atoms with Crippen molar-refractivity contribution >= 4 is 0 Å². The molecular formula is C14H25. The van der Waals surface area contributed by atoms with Crippen molar-refractivity contribution in [1.82, 2.24) is 0 Å². The minimum absolute atomic E-state index is 0.767. The van der Waals surface area contributed by atoms with Crippen LogP contribution in [0, 0.1) is 30.6 Å². The summed E-state index contributed by atoms with van der Waals surface area (Å²) in [5, 5.41) is 0. The molecule has 0 amide bonds. The first-order valence-electron chi connectivity index (χ1n) is 6.60. The van der Waals surface area contributed by atoms with Gasteiger partial charge in [-0.25, -0.2) is 0 Å². The van der Waals surface area contributed by atoms with E-state index in [9.17, 15) is 0 Å². The summed E-state index contributed by atoms with van der Waals surface area (Å²) in [6.07, 6.45) is 11.7. The fourth-order valence-corrected chi connectivity index (χ4v) is 3.27. The molecule has 2 rings (SSSR count). The van der Waals surface area contributed by atoms with E-state index < -0.39 is 0 Å². The first-order chi connectivity index (χ1) is 6.77. The van der Waals surface area contributed by atoms with Crippen LogP contribution in [0.5, 0.6) is 0 Å². The van der Waals surface area contributed by atoms with E-state index in [-0.39, 0.29) is 0 Å². The highest BCUT2D eigenvalue weighted by Gasteiger charge is 2.30. The lowest BCUT2D eigenvalue weighted by molar-refractivity contribution is 0.138. The number of hydrogen-bond donors (Lipinski definition) is 0. The smallest absolute Gasteiger partial charge is 0.0383 e. The standard InChI is InChI=1S/C14H25/c1-11-8-9-14(11)10-12(2)13-6-4-3-5-7-13/h11-14H,2-10H2,1H3. The number of rotatable bonds is 3. The maximum absolute atomic E-state index is 4.42. The monoisotopic (exact) mass is 193 g/mol. The third-order valence-corrected chi connectivity index (χ3v) is 4.72. The Bertz CT molecular complexity index is 167. The van der Waals surface area contributed by atoms with Gasteiger partial charge in [-0.2, -0.15) is 0 Å². The summed E-state index contributed by atoms with van der Waals surface area (Å²) in [6, 6.07) is 0. The molecule has 0 N–H and O–H groups in total. The molecule has 0 heterocycles. The van der Waals surface area contributed by atoms with Crippen molar-refractivity contribution in [1.29, 1.82) is 0 Å². The van der Waals surface area contributed by atoms with Gasteiger partial charge >= 0.3 is 0 Å². The highest BCUT2D eigenvalue weighted by Crippen LogP contribution is 2.41. The van der Waals surface area contributed by atoms with Gasteiger partial charge in [0.25, 0.3) is 0 Å². The highest BCUT2D eigenvalue weighted by atomic mass is 14.4. The van der Waals surface area contributed by atoms with E-state index in [0.29, 0.717) is 0 Å². The van der Waals surface area contributed by atoms with Crippen LogP contribution in [0.2, 0.25) is 0 Å². The zero-order valence-electron chi connectivity index (χ0n) is 9.67. The third kappa shape index (κ3) is 2.32. The molecule has 81 valence electrons. The largest absolute Gasteiger partial charge is 0.0622 e. The Morgan fingerprint density at radius 3 is 2.29 bits per heavy atom. The lowest BCUT2D eigenvalue weighted by atomic mass is 9.67. The average Bonchev–Trinajstić information content (AvgIpc) is 2.24. The van der Waals surface area contributed by atoms with Gasteiger partial charge in [-0.1, -0.05) is 45.4 Å². The summed E-state index contributed by atoms with van der Waals surface area (Å²) in [5.74, 6) is 3.77. The zero-order chi connectivity index (χ0) is 9.97. The summed E-state index contributed by atoms with van der Waals surface area (Å²) in [4.78, 5) is 0. The number of hydrogen-bond acceptors (Lipinski definition) is 0. The van der Waals surface area contributed by atoms with Crippen LogP contribution in [0.15, 0.2) is 0 Å². The summed E-state index contributed by atoms with van der Waals surface area (Å²) >= 11 is 0. The molecule has 0 aromatic carbocycles. The normalized spacial score (nSPS) is 36.4. The Balaban J connectivity index is 1.73. The Labute approximate surface area is 89.5 Å². The summed E-state index contributed by atoms with van der Waals surface area (Å²) in [7, 11) is 0. The Hall–Kier alpha value is 0. The molecule has 2 fully saturated rings. The average molecular weight is 193 g/mol. The molecule has 0 nitrogen and oxygen atoms in total. The topological polar surface area (TPSA) is 0 Å². The van der Waals surface area contributed by atoms with E-state index in [1.165, 1.54) is 51.4 Å². The lowest BCUT2D eigenvalue weighted by Crippen LogP contribution is -2.27. The van der Waals surface area contributed by atoms with E-state index in [1.807, 2.05) is 0 Å². The maximum Gasteiger partial charge on any atom is -0.0383 e. The van der Waals surface area contributed by atoms with Crippen molar-refractivity contribution < 1.29 is 0 Å². The van der Waals surface area contributed by atoms with Crippen molar-refractivity contribution in [3.8, 4) is 0 Å². The fraction of sp³-hybridized carbons (Fsp3) is 0.929. The SMILES string of the molecule is [CH2]C(CC1CCC1C)C1CCCCC1. The fourth-order valence-electron chi connectivity index (χ4n) is 3.27. The van der Waals surface area contributed by atoms with E-state index in [2.05, 4.69) is 13.8 Å². The second kappa shape index (κ2) is 4.68. The molecule has 0 aromatic heterocycles. The van der Waals surface area contributed by atoms with Crippen molar-refractivity contribution in [3.05, 3.63) is 6.92 Å². The molecule has 0 aliphatic heterocycles. The van der Waals surface area contributed by atoms with Crippen LogP contribution in [-0.4, -0.2) is 0 Å². The van der Waals surface area contributed by atoms with E-state index in [0.717, 1.165) is 23.7 Å². The molecule has 0 heteroatoms. The van der Waals surface area contributed by atoms with Gasteiger partial charge in [-0.3, -0.25) is 0 Å². The molecule has 2 aliphatic carbocycles. The molecule has 14 heavy (non-hydrogen) atoms. The van der Waals surface area contributed by atoms with Crippen LogP contribution in [0.3, 0.4) is 0 Å². The van der Waals surface area contributed by atoms with Gasteiger partial charge in [0.1, 0.15) is 0 Å². The minimum Gasteiger partial charge on any atom is -0.0622 e. The molecule has 3 atom stereocenters. The van der Waals surface area contributed by atoms with Gasteiger partial charge in [0.05, 0.1) is 0 Å². The summed E-state index contributed by atoms with van der Waals surface area (Å²) in [6.45, 7) is 6.84. The van der Waals surface area contributed by atoms with Gasteiger partial charge in [-0.05, 0) is 43.4 Å². The van der Waals surface area contributed by atoms with Crippen molar-refractivity contribution in [2.75, 3.05) is 0 Å². The second-order valence-corrected chi connectivity index (χ2v) is 5.71. The highest BCUT2D eigenvalue weighted by molar-refractivity contribution is 4.84. The first-order valence-corrected chi connectivity index (χ1v) is 6.60. The molecule has 1 radical (unpaired) electrons. The minimum atomic E-state index is 0.767. The van der Waals surface area contributed by atoms with Gasteiger partial charge in [-0.15, -0.1) is 0 Å². The maximum atomic E-state index is 4.42. The van der Waals surface area contributed by atoms with E-state index in [4.69, 9.17) is 0 Å². The van der Waals surface area contributed by atoms with Crippen LogP contribution in [0.25, 0.3) is 0 Å². The van der Waals surface area contributed by atoms with Crippen molar-refractivity contribution in [2.45, 2.75) is 58.3 Å². The predicted octanol–water partition coefficient (Wildman–Crippen LogP) is 4.45. The summed E-state index contributed by atoms with van der Waals surface area (Å²) < 4.78 is 0. The Morgan fingerprint density at radius 1 is 1.07 bits per heavy atom. The molecule has 0 saturated heterocycles. The first kappa shape index (κ1) is 10.5. The van der Waals surface area contributed by atoms with Gasteiger partial charge in [0, 0.05) is 0 Å². The van der Waals surface area contributed by atoms with Crippen LogP contribution in [0.1, 0.15) is 58.3 Å². The Morgan fingerprint density at radius 2 is 1.79 bits per heavy atom. The lowest BCUT2D eigenvalue weighted by Gasteiger charge is -2.38. The molecule has 0 aromatic rings. The molecular weight excluding hydrogens is 168 g/mol. The third-order valence-electron chi connectivity index (χ3n) is 4.72. The molecule has 2 saturated carbocycles. The van der Waals surface area contributed by atoms with Crippen molar-refractivity contribution in [3.63, 3.8) is 0 Å². The zero-order valence-corrected chi connectivity index (χ0v) is 9.67. The summed E-state index contributed by atoms with van der Waals surface area (Å²) in [5.41, 5.74) is 0. The van der Waals surface area contributed by atoms with Gasteiger partial charge in [0.15, 0.2) is 0 Å². The van der Waals surface area contributed by atoms with Crippen LogP contribution in [-0.2, 0) is 0 Å². The van der Waals surface area contributed by atoms with E-state index in [1.54, 1.807) is 0 Å². The molecule has 0 bridgehead atoms. The van der Waals surface area contributed by atoms with Gasteiger partial charge < -0.3 is 0 Å². The molecule has 0 spiro atoms. The predicted molar refractivity (Wildman–Crippen MR) is 61.9 cm³/mol. The molecule has 3 unspecified atom stereocenters. The van der Waals surface area contributed by atoms with Crippen LogP contribution < -0.4 is 0 Å². The van der Waals surface area contributed by atoms with Gasteiger partial charge in [0.2, 0.25) is 0 Å². The second-order valence-electron chi connectivity index (χ2n) is 5.71. The van der Waals surface area contributed by atoms with Crippen LogP contribution in [0.4, 0.5) is 0 Å².